The minimum Gasteiger partial charge on any atom is -0.489 e. The van der Waals surface area contributed by atoms with Gasteiger partial charge in [-0.3, -0.25) is 0 Å². The van der Waals surface area contributed by atoms with Crippen molar-refractivity contribution in [3.05, 3.63) is 95.9 Å². The van der Waals surface area contributed by atoms with Gasteiger partial charge in [0.25, 0.3) is 0 Å². The van der Waals surface area contributed by atoms with E-state index in [1.165, 1.54) is 27.8 Å². The molecule has 0 fully saturated rings. The summed E-state index contributed by atoms with van der Waals surface area (Å²) < 4.78 is 6.16. The first-order valence-corrected chi connectivity index (χ1v) is 9.50. The van der Waals surface area contributed by atoms with Crippen LogP contribution in [0.5, 0.6) is 5.75 Å². The van der Waals surface area contributed by atoms with Gasteiger partial charge in [0.05, 0.1) is 0 Å². The highest BCUT2D eigenvalue weighted by Gasteiger charge is 2.09. The molecule has 27 heavy (non-hydrogen) atoms. The summed E-state index contributed by atoms with van der Waals surface area (Å²) in [6.45, 7) is 11.6. The predicted octanol–water partition coefficient (Wildman–Crippen LogP) is 6.03. The van der Waals surface area contributed by atoms with Gasteiger partial charge in [0.2, 0.25) is 0 Å². The number of rotatable bonds is 7. The number of hydrogen-bond donors (Lipinski definition) is 1. The van der Waals surface area contributed by atoms with E-state index >= 15 is 0 Å². The Morgan fingerprint density at radius 2 is 1.74 bits per heavy atom. The topological polar surface area (TPSA) is 21.3 Å². The van der Waals surface area contributed by atoms with Crippen molar-refractivity contribution in [1.29, 1.82) is 0 Å². The maximum absolute atomic E-state index is 6.16. The Bertz CT molecular complexity index is 886. The molecule has 0 aromatic heterocycles. The van der Waals surface area contributed by atoms with E-state index in [-0.39, 0.29) is 0 Å². The largest absolute Gasteiger partial charge is 0.489 e. The maximum atomic E-state index is 6.16. The Labute approximate surface area is 163 Å². The lowest BCUT2D eigenvalue weighted by Gasteiger charge is -2.17. The molecule has 0 saturated carbocycles. The van der Waals surface area contributed by atoms with Crippen LogP contribution in [0.25, 0.3) is 11.1 Å². The highest BCUT2D eigenvalue weighted by Crippen LogP contribution is 2.28. The molecular weight excluding hydrogens is 330 g/mol. The van der Waals surface area contributed by atoms with Crippen LogP contribution in [0, 0.1) is 20.8 Å². The van der Waals surface area contributed by atoms with Gasteiger partial charge in [-0.05, 0) is 73.7 Å². The Morgan fingerprint density at radius 3 is 2.44 bits per heavy atom. The van der Waals surface area contributed by atoms with Crippen molar-refractivity contribution < 1.29 is 4.74 Å². The van der Waals surface area contributed by atoms with Gasteiger partial charge < -0.3 is 10.1 Å². The predicted molar refractivity (Wildman–Crippen MR) is 114 cm³/mol. The van der Waals surface area contributed by atoms with Gasteiger partial charge in [-0.15, -0.1) is 0 Å². The summed E-state index contributed by atoms with van der Waals surface area (Å²) in [5.74, 6) is 0.935. The number of hydrogen-bond acceptors (Lipinski definition) is 2. The summed E-state index contributed by atoms with van der Waals surface area (Å²) in [7, 11) is 0. The Balaban J connectivity index is 1.76. The summed E-state index contributed by atoms with van der Waals surface area (Å²) in [5, 5.41) is 3.34. The van der Waals surface area contributed by atoms with Crippen molar-refractivity contribution in [2.24, 2.45) is 0 Å². The van der Waals surface area contributed by atoms with E-state index in [0.717, 1.165) is 17.9 Å². The second-order valence-electron chi connectivity index (χ2n) is 6.95. The highest BCUT2D eigenvalue weighted by molar-refractivity contribution is 5.68. The lowest BCUT2D eigenvalue weighted by Crippen LogP contribution is -2.17. The molecule has 0 saturated heterocycles. The van der Waals surface area contributed by atoms with Gasteiger partial charge in [-0.25, -0.2) is 0 Å². The van der Waals surface area contributed by atoms with Crippen molar-refractivity contribution in [2.45, 2.75) is 33.4 Å². The van der Waals surface area contributed by atoms with Gasteiger partial charge in [0, 0.05) is 6.04 Å². The molecule has 0 amide bonds. The SMILES string of the molecule is [CH2]CNC(C)c1ccc(OCc2cccc(-c3ccccc3)c2C)c(C)c1. The molecule has 0 aliphatic carbocycles. The van der Waals surface area contributed by atoms with Crippen molar-refractivity contribution in [1.82, 2.24) is 5.32 Å². The Hall–Kier alpha value is -2.58. The average Bonchev–Trinajstić information content (AvgIpc) is 2.69. The molecule has 0 aliphatic heterocycles. The highest BCUT2D eigenvalue weighted by atomic mass is 16.5. The Kier molecular flexibility index (Phi) is 6.31. The zero-order valence-corrected chi connectivity index (χ0v) is 16.5. The average molecular weight is 359 g/mol. The molecule has 1 N–H and O–H groups in total. The van der Waals surface area contributed by atoms with Crippen LogP contribution in [0.15, 0.2) is 66.7 Å². The molecule has 3 rings (SSSR count). The fourth-order valence-corrected chi connectivity index (χ4v) is 3.36. The molecule has 139 valence electrons. The van der Waals surface area contributed by atoms with E-state index in [2.05, 4.69) is 93.7 Å². The lowest BCUT2D eigenvalue weighted by molar-refractivity contribution is 0.303. The number of ether oxygens (including phenoxy) is 1. The molecule has 0 bridgehead atoms. The van der Waals surface area contributed by atoms with Gasteiger partial charge in [0.1, 0.15) is 12.4 Å². The quantitative estimate of drug-likeness (QED) is 0.556. The van der Waals surface area contributed by atoms with Crippen LogP contribution in [-0.2, 0) is 6.61 Å². The molecule has 1 radical (unpaired) electrons. The zero-order valence-electron chi connectivity index (χ0n) is 16.5. The molecule has 2 nitrogen and oxygen atoms in total. The summed E-state index contributed by atoms with van der Waals surface area (Å²) in [4.78, 5) is 0. The molecule has 0 spiro atoms. The monoisotopic (exact) mass is 358 g/mol. The molecule has 0 aliphatic rings. The number of benzene rings is 3. The third kappa shape index (κ3) is 4.58. The second kappa shape index (κ2) is 8.88. The van der Waals surface area contributed by atoms with E-state index < -0.39 is 0 Å². The fourth-order valence-electron chi connectivity index (χ4n) is 3.36. The van der Waals surface area contributed by atoms with Gasteiger partial charge in [0.15, 0.2) is 0 Å². The molecular formula is C25H28NO. The zero-order chi connectivity index (χ0) is 19.2. The van der Waals surface area contributed by atoms with Crippen molar-refractivity contribution >= 4 is 0 Å². The van der Waals surface area contributed by atoms with Crippen molar-refractivity contribution in [2.75, 3.05) is 6.54 Å². The van der Waals surface area contributed by atoms with Crippen LogP contribution in [0.3, 0.4) is 0 Å². The van der Waals surface area contributed by atoms with Gasteiger partial charge >= 0.3 is 0 Å². The van der Waals surface area contributed by atoms with Crippen LogP contribution >= 0.6 is 0 Å². The summed E-state index contributed by atoms with van der Waals surface area (Å²) >= 11 is 0. The standard InChI is InChI=1S/C25H28NO/c1-5-26-20(4)22-14-15-25(18(2)16-22)27-17-23-12-9-13-24(19(23)3)21-10-7-6-8-11-21/h6-16,20,26H,1,5,17H2,2-4H3. The van der Waals surface area contributed by atoms with Crippen LogP contribution in [0.1, 0.15) is 35.2 Å². The van der Waals surface area contributed by atoms with E-state index in [0.29, 0.717) is 12.6 Å². The van der Waals surface area contributed by atoms with Gasteiger partial charge in [-0.2, -0.15) is 0 Å². The van der Waals surface area contributed by atoms with E-state index in [4.69, 9.17) is 4.74 Å². The van der Waals surface area contributed by atoms with Crippen LogP contribution < -0.4 is 10.1 Å². The molecule has 3 aromatic rings. The van der Waals surface area contributed by atoms with E-state index in [1.807, 2.05) is 6.07 Å². The van der Waals surface area contributed by atoms with E-state index in [9.17, 15) is 0 Å². The van der Waals surface area contributed by atoms with Crippen molar-refractivity contribution in [3.63, 3.8) is 0 Å². The normalized spacial score (nSPS) is 12.0. The molecule has 1 unspecified atom stereocenters. The first kappa shape index (κ1) is 19.2. The van der Waals surface area contributed by atoms with Gasteiger partial charge in [-0.1, -0.05) is 60.7 Å². The van der Waals surface area contributed by atoms with Crippen LogP contribution in [-0.4, -0.2) is 6.54 Å². The van der Waals surface area contributed by atoms with E-state index in [1.54, 1.807) is 0 Å². The Morgan fingerprint density at radius 1 is 0.963 bits per heavy atom. The molecule has 1 atom stereocenters. The summed E-state index contributed by atoms with van der Waals surface area (Å²) in [6, 6.07) is 23.6. The molecule has 0 heterocycles. The summed E-state index contributed by atoms with van der Waals surface area (Å²) in [5.41, 5.74) is 7.40. The van der Waals surface area contributed by atoms with Crippen LogP contribution in [0.4, 0.5) is 0 Å². The number of aryl methyl sites for hydroxylation is 1. The first-order chi connectivity index (χ1) is 13.1. The minimum absolute atomic E-state index is 0.292. The lowest BCUT2D eigenvalue weighted by atomic mass is 9.97. The molecule has 2 heteroatoms. The minimum atomic E-state index is 0.292. The smallest absolute Gasteiger partial charge is 0.122 e. The third-order valence-electron chi connectivity index (χ3n) is 5.06. The van der Waals surface area contributed by atoms with Crippen LogP contribution in [0.2, 0.25) is 0 Å². The maximum Gasteiger partial charge on any atom is 0.122 e. The summed E-state index contributed by atoms with van der Waals surface area (Å²) in [6.07, 6.45) is 0. The number of nitrogens with one attached hydrogen (secondary N) is 1. The first-order valence-electron chi connectivity index (χ1n) is 9.50. The fraction of sp³-hybridized carbons (Fsp3) is 0.240. The second-order valence-corrected chi connectivity index (χ2v) is 6.95. The third-order valence-corrected chi connectivity index (χ3v) is 5.06. The van der Waals surface area contributed by atoms with Crippen molar-refractivity contribution in [3.8, 4) is 16.9 Å². The molecule has 3 aromatic carbocycles.